The molecule has 0 radical (unpaired) electrons. The summed E-state index contributed by atoms with van der Waals surface area (Å²) in [6, 6.07) is 13.0. The molecule has 0 spiro atoms. The Morgan fingerprint density at radius 1 is 1.12 bits per heavy atom. The number of imide groups is 1. The first-order chi connectivity index (χ1) is 11.4. The van der Waals surface area contributed by atoms with Gasteiger partial charge in [-0.2, -0.15) is 0 Å². The summed E-state index contributed by atoms with van der Waals surface area (Å²) in [5.74, 6) is -2.43. The van der Waals surface area contributed by atoms with Crippen molar-refractivity contribution in [1.29, 1.82) is 0 Å². The highest BCUT2D eigenvalue weighted by Gasteiger charge is 2.26. The lowest BCUT2D eigenvalue weighted by Crippen LogP contribution is -2.45. The molecule has 0 aliphatic rings. The Bertz CT molecular complexity index is 775. The molecule has 0 saturated heterocycles. The van der Waals surface area contributed by atoms with E-state index in [9.17, 15) is 14.4 Å². The van der Waals surface area contributed by atoms with Crippen LogP contribution in [0.1, 0.15) is 12.5 Å². The SMILES string of the molecule is CC(=O)N(C(=O)C(=O)NCc1ccc(Cl)cc1)c1cccc(N)c1. The summed E-state index contributed by atoms with van der Waals surface area (Å²) in [5.41, 5.74) is 7.06. The Hall–Kier alpha value is -2.86. The van der Waals surface area contributed by atoms with Crippen LogP contribution in [-0.4, -0.2) is 17.7 Å². The number of hydrogen-bond acceptors (Lipinski definition) is 4. The maximum Gasteiger partial charge on any atom is 0.323 e. The molecule has 0 aliphatic heterocycles. The first kappa shape index (κ1) is 17.5. The molecule has 0 saturated carbocycles. The fraction of sp³-hybridized carbons (Fsp3) is 0.118. The number of nitrogen functional groups attached to an aromatic ring is 1. The lowest BCUT2D eigenvalue weighted by molar-refractivity contribution is -0.139. The number of halogens is 1. The quantitative estimate of drug-likeness (QED) is 0.658. The van der Waals surface area contributed by atoms with E-state index in [1.54, 1.807) is 36.4 Å². The van der Waals surface area contributed by atoms with Gasteiger partial charge in [-0.1, -0.05) is 29.8 Å². The number of amides is 3. The topological polar surface area (TPSA) is 92.5 Å². The first-order valence-electron chi connectivity index (χ1n) is 7.11. The van der Waals surface area contributed by atoms with Crippen LogP contribution >= 0.6 is 11.6 Å². The van der Waals surface area contributed by atoms with Crippen molar-refractivity contribution in [3.8, 4) is 0 Å². The van der Waals surface area contributed by atoms with Crippen LogP contribution < -0.4 is 16.0 Å². The molecule has 3 amide bonds. The third kappa shape index (κ3) is 4.33. The van der Waals surface area contributed by atoms with Gasteiger partial charge in [-0.25, -0.2) is 4.90 Å². The van der Waals surface area contributed by atoms with Gasteiger partial charge in [0, 0.05) is 24.2 Å². The van der Waals surface area contributed by atoms with Crippen LogP contribution in [0.3, 0.4) is 0 Å². The summed E-state index contributed by atoms with van der Waals surface area (Å²) in [6.45, 7) is 1.35. The number of carbonyl (C=O) groups is 3. The summed E-state index contributed by atoms with van der Waals surface area (Å²) in [6.07, 6.45) is 0. The Balaban J connectivity index is 2.10. The molecule has 7 heteroatoms. The highest BCUT2D eigenvalue weighted by atomic mass is 35.5. The number of nitrogens with two attached hydrogens (primary N) is 1. The number of carbonyl (C=O) groups excluding carboxylic acids is 3. The van der Waals surface area contributed by atoms with Gasteiger partial charge >= 0.3 is 11.8 Å². The lowest BCUT2D eigenvalue weighted by Gasteiger charge is -2.19. The van der Waals surface area contributed by atoms with E-state index in [-0.39, 0.29) is 12.2 Å². The maximum atomic E-state index is 12.3. The second kappa shape index (κ2) is 7.61. The summed E-state index contributed by atoms with van der Waals surface area (Å²) in [7, 11) is 0. The smallest absolute Gasteiger partial charge is 0.323 e. The summed E-state index contributed by atoms with van der Waals surface area (Å²) >= 11 is 5.79. The average Bonchev–Trinajstić information content (AvgIpc) is 2.54. The molecular weight excluding hydrogens is 330 g/mol. The Labute approximate surface area is 144 Å². The van der Waals surface area contributed by atoms with Gasteiger partial charge < -0.3 is 11.1 Å². The molecule has 0 bridgehead atoms. The van der Waals surface area contributed by atoms with Gasteiger partial charge in [-0.05, 0) is 35.9 Å². The van der Waals surface area contributed by atoms with Gasteiger partial charge in [0.15, 0.2) is 0 Å². The molecule has 0 unspecified atom stereocenters. The second-order valence-electron chi connectivity index (χ2n) is 5.06. The van der Waals surface area contributed by atoms with Crippen LogP contribution in [0.5, 0.6) is 0 Å². The maximum absolute atomic E-state index is 12.3. The minimum atomic E-state index is -0.970. The zero-order valence-corrected chi connectivity index (χ0v) is 13.7. The number of benzene rings is 2. The van der Waals surface area contributed by atoms with Crippen LogP contribution in [0, 0.1) is 0 Å². The monoisotopic (exact) mass is 345 g/mol. The average molecular weight is 346 g/mol. The Morgan fingerprint density at radius 2 is 1.79 bits per heavy atom. The van der Waals surface area contributed by atoms with Crippen LogP contribution in [0.2, 0.25) is 5.02 Å². The van der Waals surface area contributed by atoms with Gasteiger partial charge in [-0.15, -0.1) is 0 Å². The molecule has 24 heavy (non-hydrogen) atoms. The van der Waals surface area contributed by atoms with Gasteiger partial charge in [0.25, 0.3) is 0 Å². The molecule has 124 valence electrons. The third-order valence-electron chi connectivity index (χ3n) is 3.21. The van der Waals surface area contributed by atoms with Crippen LogP contribution in [0.4, 0.5) is 11.4 Å². The van der Waals surface area contributed by atoms with Crippen molar-refractivity contribution in [2.45, 2.75) is 13.5 Å². The van der Waals surface area contributed by atoms with Crippen LogP contribution in [-0.2, 0) is 20.9 Å². The zero-order chi connectivity index (χ0) is 17.7. The van der Waals surface area contributed by atoms with Crippen LogP contribution in [0.25, 0.3) is 0 Å². The summed E-state index contributed by atoms with van der Waals surface area (Å²) in [4.78, 5) is 36.9. The van der Waals surface area contributed by atoms with Crippen molar-refractivity contribution in [1.82, 2.24) is 5.32 Å². The molecule has 6 nitrogen and oxygen atoms in total. The van der Waals surface area contributed by atoms with Crippen molar-refractivity contribution in [2.75, 3.05) is 10.6 Å². The molecule has 0 aliphatic carbocycles. The summed E-state index contributed by atoms with van der Waals surface area (Å²) < 4.78 is 0. The van der Waals surface area contributed by atoms with E-state index in [4.69, 9.17) is 17.3 Å². The molecule has 0 heterocycles. The first-order valence-corrected chi connectivity index (χ1v) is 7.49. The Morgan fingerprint density at radius 3 is 2.38 bits per heavy atom. The fourth-order valence-corrected chi connectivity index (χ4v) is 2.19. The molecule has 0 aromatic heterocycles. The predicted molar refractivity (Wildman–Crippen MR) is 92.3 cm³/mol. The van der Waals surface area contributed by atoms with Gasteiger partial charge in [-0.3, -0.25) is 14.4 Å². The number of hydrogen-bond donors (Lipinski definition) is 2. The third-order valence-corrected chi connectivity index (χ3v) is 3.46. The standard InChI is InChI=1S/C17H16ClN3O3/c1-11(22)21(15-4-2-3-14(19)9-15)17(24)16(23)20-10-12-5-7-13(18)8-6-12/h2-9H,10,19H2,1H3,(H,20,23). The van der Waals surface area contributed by atoms with E-state index in [1.807, 2.05) is 0 Å². The van der Waals surface area contributed by atoms with E-state index < -0.39 is 17.7 Å². The molecule has 2 rings (SSSR count). The normalized spacial score (nSPS) is 10.1. The minimum Gasteiger partial charge on any atom is -0.399 e. The number of rotatable bonds is 3. The largest absolute Gasteiger partial charge is 0.399 e. The molecule has 0 atom stereocenters. The van der Waals surface area contributed by atoms with E-state index in [1.165, 1.54) is 19.1 Å². The number of nitrogens with one attached hydrogen (secondary N) is 1. The van der Waals surface area contributed by atoms with Gasteiger partial charge in [0.1, 0.15) is 0 Å². The van der Waals surface area contributed by atoms with Crippen molar-refractivity contribution in [2.24, 2.45) is 0 Å². The van der Waals surface area contributed by atoms with E-state index in [0.717, 1.165) is 10.5 Å². The van der Waals surface area contributed by atoms with Crippen molar-refractivity contribution in [3.05, 3.63) is 59.1 Å². The number of anilines is 2. The minimum absolute atomic E-state index is 0.143. The lowest BCUT2D eigenvalue weighted by atomic mass is 10.2. The molecule has 3 N–H and O–H groups in total. The van der Waals surface area contributed by atoms with Crippen molar-refractivity contribution >= 4 is 40.7 Å². The number of nitrogens with zero attached hydrogens (tertiary/aromatic N) is 1. The van der Waals surface area contributed by atoms with Gasteiger partial charge in [0.05, 0.1) is 5.69 Å². The summed E-state index contributed by atoms with van der Waals surface area (Å²) in [5, 5.41) is 3.06. The van der Waals surface area contributed by atoms with Crippen molar-refractivity contribution < 1.29 is 14.4 Å². The fourth-order valence-electron chi connectivity index (χ4n) is 2.07. The second-order valence-corrected chi connectivity index (χ2v) is 5.50. The van der Waals surface area contributed by atoms with E-state index >= 15 is 0 Å². The zero-order valence-electron chi connectivity index (χ0n) is 13.0. The molecule has 2 aromatic rings. The Kier molecular flexibility index (Phi) is 5.55. The van der Waals surface area contributed by atoms with Crippen LogP contribution in [0.15, 0.2) is 48.5 Å². The predicted octanol–water partition coefficient (Wildman–Crippen LogP) is 2.12. The molecule has 0 fully saturated rings. The molecular formula is C17H16ClN3O3. The van der Waals surface area contributed by atoms with Crippen molar-refractivity contribution in [3.63, 3.8) is 0 Å². The highest BCUT2D eigenvalue weighted by Crippen LogP contribution is 2.18. The van der Waals surface area contributed by atoms with Gasteiger partial charge in [0.2, 0.25) is 5.91 Å². The van der Waals surface area contributed by atoms with E-state index in [2.05, 4.69) is 5.32 Å². The molecule has 2 aromatic carbocycles. The highest BCUT2D eigenvalue weighted by molar-refractivity contribution is 6.45. The van der Waals surface area contributed by atoms with E-state index in [0.29, 0.717) is 10.7 Å².